The Labute approximate surface area is 112 Å². The third-order valence-corrected chi connectivity index (χ3v) is 3.60. The molecule has 108 valence electrons. The Morgan fingerprint density at radius 2 is 2.00 bits per heavy atom. The molecule has 20 heavy (non-hydrogen) atoms. The molecule has 2 atom stereocenters. The minimum Gasteiger partial charge on any atom is -0.478 e. The van der Waals surface area contributed by atoms with Gasteiger partial charge in [-0.15, -0.1) is 0 Å². The number of aliphatic carboxylic acids is 1. The first-order valence-electron chi connectivity index (χ1n) is 5.90. The van der Waals surface area contributed by atoms with Crippen LogP contribution < -0.4 is 5.32 Å². The van der Waals surface area contributed by atoms with E-state index in [1.807, 2.05) is 0 Å². The number of carboxylic acids is 1. The van der Waals surface area contributed by atoms with Crippen LogP contribution in [0.1, 0.15) is 25.3 Å². The molecule has 0 bridgehead atoms. The molecule has 0 radical (unpaired) electrons. The zero-order valence-electron chi connectivity index (χ0n) is 10.5. The van der Waals surface area contributed by atoms with E-state index in [0.29, 0.717) is 0 Å². The maximum atomic E-state index is 13.9. The van der Waals surface area contributed by atoms with Crippen LogP contribution in [0.4, 0.5) is 13.2 Å². The minimum atomic E-state index is -3.04. The monoisotopic (exact) mass is 287 g/mol. The van der Waals surface area contributed by atoms with Gasteiger partial charge in [-0.25, -0.2) is 18.0 Å². The molecule has 2 N–H and O–H groups in total. The van der Waals surface area contributed by atoms with Crippen molar-refractivity contribution >= 4 is 11.9 Å². The van der Waals surface area contributed by atoms with Gasteiger partial charge in [0.15, 0.2) is 11.6 Å². The fourth-order valence-electron chi connectivity index (χ4n) is 2.28. The molecular formula is C13H12F3NO3. The lowest BCUT2D eigenvalue weighted by molar-refractivity contribution is -0.162. The zero-order valence-corrected chi connectivity index (χ0v) is 10.5. The fraction of sp³-hybridized carbons (Fsp3) is 0.385. The molecule has 1 aliphatic rings. The number of halogens is 3. The summed E-state index contributed by atoms with van der Waals surface area (Å²) in [7, 11) is 0. The summed E-state index contributed by atoms with van der Waals surface area (Å²) in [5, 5.41) is 10.9. The molecular weight excluding hydrogens is 275 g/mol. The van der Waals surface area contributed by atoms with Crippen molar-refractivity contribution in [3.63, 3.8) is 0 Å². The van der Waals surface area contributed by atoms with Gasteiger partial charge in [-0.2, -0.15) is 0 Å². The van der Waals surface area contributed by atoms with Crippen molar-refractivity contribution in [1.29, 1.82) is 0 Å². The highest BCUT2D eigenvalue weighted by Crippen LogP contribution is 2.37. The van der Waals surface area contributed by atoms with Crippen LogP contribution in [0, 0.1) is 11.6 Å². The van der Waals surface area contributed by atoms with Gasteiger partial charge >= 0.3 is 5.97 Å². The van der Waals surface area contributed by atoms with E-state index in [1.54, 1.807) is 0 Å². The van der Waals surface area contributed by atoms with Crippen molar-refractivity contribution in [2.24, 2.45) is 0 Å². The van der Waals surface area contributed by atoms with E-state index < -0.39 is 41.1 Å². The van der Waals surface area contributed by atoms with Gasteiger partial charge in [0.25, 0.3) is 11.6 Å². The van der Waals surface area contributed by atoms with Gasteiger partial charge in [0, 0.05) is 12.0 Å². The van der Waals surface area contributed by atoms with Crippen molar-refractivity contribution in [2.75, 3.05) is 0 Å². The Hall–Kier alpha value is -2.05. The van der Waals surface area contributed by atoms with E-state index in [4.69, 9.17) is 5.11 Å². The molecule has 1 heterocycles. The lowest BCUT2D eigenvalue weighted by atomic mass is 9.78. The normalized spacial score (nSPS) is 29.9. The van der Waals surface area contributed by atoms with E-state index >= 15 is 0 Å². The largest absolute Gasteiger partial charge is 0.478 e. The molecule has 0 spiro atoms. The van der Waals surface area contributed by atoms with E-state index in [-0.39, 0.29) is 12.0 Å². The average Bonchev–Trinajstić information content (AvgIpc) is 2.37. The fourth-order valence-corrected chi connectivity index (χ4v) is 2.28. The molecule has 0 aliphatic carbocycles. The maximum absolute atomic E-state index is 13.9. The Morgan fingerprint density at radius 1 is 1.35 bits per heavy atom. The molecule has 4 nitrogen and oxygen atoms in total. The van der Waals surface area contributed by atoms with Crippen LogP contribution in [0.15, 0.2) is 18.2 Å². The van der Waals surface area contributed by atoms with Crippen molar-refractivity contribution in [3.05, 3.63) is 35.4 Å². The van der Waals surface area contributed by atoms with E-state index in [9.17, 15) is 22.8 Å². The van der Waals surface area contributed by atoms with Gasteiger partial charge in [-0.3, -0.25) is 4.79 Å². The second-order valence-corrected chi connectivity index (χ2v) is 4.99. The first-order chi connectivity index (χ1) is 9.20. The van der Waals surface area contributed by atoms with E-state index in [2.05, 4.69) is 5.32 Å². The Kier molecular flexibility index (Phi) is 3.23. The predicted molar refractivity (Wildman–Crippen MR) is 62.6 cm³/mol. The molecule has 1 aromatic rings. The standard InChI is InChI=1S/C13H12F3NO3/c1-12(7-3-2-4-8(14)9(7)15)5-6-13(16,11(19)20)10(18)17-12/h2-4H,5-6H2,1H3,(H,17,18)(H,19,20)/t12-,13?/m0/s1. The van der Waals surface area contributed by atoms with Gasteiger partial charge in [0.05, 0.1) is 5.54 Å². The second kappa shape index (κ2) is 4.50. The lowest BCUT2D eigenvalue weighted by Crippen LogP contribution is -2.60. The van der Waals surface area contributed by atoms with Gasteiger partial charge in [0.2, 0.25) is 0 Å². The van der Waals surface area contributed by atoms with Crippen LogP contribution in [-0.2, 0) is 15.1 Å². The molecule has 1 unspecified atom stereocenters. The highest BCUT2D eigenvalue weighted by Gasteiger charge is 2.54. The number of benzene rings is 1. The van der Waals surface area contributed by atoms with Crippen LogP contribution in [0.3, 0.4) is 0 Å². The molecule has 1 amide bonds. The number of rotatable bonds is 2. The predicted octanol–water partition coefficient (Wildman–Crippen LogP) is 1.88. The minimum absolute atomic E-state index is 0.140. The van der Waals surface area contributed by atoms with Gasteiger partial charge in [-0.05, 0) is 19.4 Å². The van der Waals surface area contributed by atoms with Gasteiger partial charge in [0.1, 0.15) is 0 Å². The van der Waals surface area contributed by atoms with Crippen LogP contribution in [0.5, 0.6) is 0 Å². The highest BCUT2D eigenvalue weighted by molar-refractivity contribution is 6.06. The van der Waals surface area contributed by atoms with Crippen molar-refractivity contribution in [1.82, 2.24) is 5.32 Å². The molecule has 2 rings (SSSR count). The van der Waals surface area contributed by atoms with Gasteiger partial charge in [-0.1, -0.05) is 12.1 Å². The van der Waals surface area contributed by atoms with Crippen LogP contribution >= 0.6 is 0 Å². The van der Waals surface area contributed by atoms with E-state index in [0.717, 1.165) is 6.07 Å². The number of carboxylic acid groups (broad SMARTS) is 1. The topological polar surface area (TPSA) is 66.4 Å². The molecule has 1 fully saturated rings. The quantitative estimate of drug-likeness (QED) is 0.816. The Morgan fingerprint density at radius 3 is 2.55 bits per heavy atom. The molecule has 1 saturated heterocycles. The molecule has 7 heteroatoms. The number of piperidine rings is 1. The van der Waals surface area contributed by atoms with Gasteiger partial charge < -0.3 is 10.4 Å². The van der Waals surface area contributed by atoms with E-state index in [1.165, 1.54) is 19.1 Å². The van der Waals surface area contributed by atoms with Crippen LogP contribution in [-0.4, -0.2) is 22.7 Å². The number of hydrogen-bond donors (Lipinski definition) is 2. The molecule has 0 saturated carbocycles. The number of nitrogens with one attached hydrogen (secondary N) is 1. The second-order valence-electron chi connectivity index (χ2n) is 4.99. The van der Waals surface area contributed by atoms with Crippen molar-refractivity contribution in [2.45, 2.75) is 31.0 Å². The maximum Gasteiger partial charge on any atom is 0.351 e. The number of carbonyl (C=O) groups excluding carboxylic acids is 1. The SMILES string of the molecule is C[C@@]1(c2cccc(F)c2F)CCC(F)(C(=O)O)C(=O)N1. The average molecular weight is 287 g/mol. The number of hydrogen-bond acceptors (Lipinski definition) is 2. The summed E-state index contributed by atoms with van der Waals surface area (Å²) in [5.74, 6) is -5.48. The summed E-state index contributed by atoms with van der Waals surface area (Å²) < 4.78 is 40.9. The summed E-state index contributed by atoms with van der Waals surface area (Å²) >= 11 is 0. The number of carbonyl (C=O) groups is 2. The summed E-state index contributed by atoms with van der Waals surface area (Å²) in [6.45, 7) is 1.39. The van der Waals surface area contributed by atoms with Crippen molar-refractivity contribution in [3.8, 4) is 0 Å². The number of amides is 1. The Balaban J connectivity index is 2.38. The zero-order chi connectivity index (χ0) is 15.1. The third kappa shape index (κ3) is 2.03. The Bertz CT molecular complexity index is 592. The summed E-state index contributed by atoms with van der Waals surface area (Å²) in [6.07, 6.45) is -0.775. The smallest absolute Gasteiger partial charge is 0.351 e. The number of alkyl halides is 1. The summed E-state index contributed by atoms with van der Waals surface area (Å²) in [4.78, 5) is 22.4. The first kappa shape index (κ1) is 14.4. The highest BCUT2D eigenvalue weighted by atomic mass is 19.2. The van der Waals surface area contributed by atoms with Crippen LogP contribution in [0.2, 0.25) is 0 Å². The molecule has 0 aromatic heterocycles. The third-order valence-electron chi connectivity index (χ3n) is 3.60. The lowest BCUT2D eigenvalue weighted by Gasteiger charge is -2.39. The molecule has 1 aliphatic heterocycles. The van der Waals surface area contributed by atoms with Crippen molar-refractivity contribution < 1.29 is 27.9 Å². The first-order valence-corrected chi connectivity index (χ1v) is 5.90. The molecule has 1 aromatic carbocycles. The summed E-state index contributed by atoms with van der Waals surface area (Å²) in [5.41, 5.74) is -4.53. The van der Waals surface area contributed by atoms with Crippen LogP contribution in [0.25, 0.3) is 0 Å². The summed E-state index contributed by atoms with van der Waals surface area (Å²) in [6, 6.07) is 3.45.